The van der Waals surface area contributed by atoms with Crippen LogP contribution in [0.2, 0.25) is 0 Å². The number of benzene rings is 1. The van der Waals surface area contributed by atoms with Gasteiger partial charge in [0.05, 0.1) is 19.8 Å². The van der Waals surface area contributed by atoms with Crippen LogP contribution < -0.4 is 4.74 Å². The highest BCUT2D eigenvalue weighted by Crippen LogP contribution is 2.33. The Bertz CT molecular complexity index is 681. The molecule has 176 valence electrons. The monoisotopic (exact) mass is 442 g/mol. The fourth-order valence-corrected chi connectivity index (χ4v) is 4.79. The van der Waals surface area contributed by atoms with Crippen molar-refractivity contribution >= 4 is 0 Å². The summed E-state index contributed by atoms with van der Waals surface area (Å²) < 4.78 is 60.0. The Labute approximate surface area is 184 Å². The van der Waals surface area contributed by atoms with Crippen LogP contribution in [0.4, 0.5) is 13.2 Å². The van der Waals surface area contributed by atoms with Crippen molar-refractivity contribution in [2.24, 2.45) is 11.8 Å². The Morgan fingerprint density at radius 1 is 0.935 bits per heavy atom. The zero-order chi connectivity index (χ0) is 22.3. The summed E-state index contributed by atoms with van der Waals surface area (Å²) in [5.74, 6) is -0.631. The molecule has 1 saturated carbocycles. The largest absolute Gasteiger partial charge is 0.490 e. The quantitative estimate of drug-likeness (QED) is 0.400. The lowest BCUT2D eigenvalue weighted by Gasteiger charge is -2.34. The van der Waals surface area contributed by atoms with Crippen LogP contribution >= 0.6 is 0 Å². The van der Waals surface area contributed by atoms with Crippen LogP contribution in [-0.2, 0) is 15.9 Å². The molecule has 1 heterocycles. The molecule has 1 saturated heterocycles. The minimum atomic E-state index is -1.45. The number of hydrogen-bond donors (Lipinski definition) is 0. The molecule has 1 aliphatic carbocycles. The van der Waals surface area contributed by atoms with E-state index in [9.17, 15) is 13.2 Å². The third-order valence-corrected chi connectivity index (χ3v) is 6.67. The number of rotatable bonds is 10. The molecule has 0 aromatic heterocycles. The molecule has 0 unspecified atom stereocenters. The summed E-state index contributed by atoms with van der Waals surface area (Å²) >= 11 is 0. The fourth-order valence-electron chi connectivity index (χ4n) is 4.79. The van der Waals surface area contributed by atoms with Crippen LogP contribution in [-0.4, -0.2) is 31.8 Å². The van der Waals surface area contributed by atoms with Crippen molar-refractivity contribution in [3.63, 3.8) is 0 Å². The fraction of sp³-hybridized carbons (Fsp3) is 0.760. The van der Waals surface area contributed by atoms with E-state index in [2.05, 4.69) is 6.92 Å². The second kappa shape index (κ2) is 11.6. The van der Waals surface area contributed by atoms with E-state index in [-0.39, 0.29) is 30.9 Å². The third kappa shape index (κ3) is 6.85. The number of aryl methyl sites for hydroxylation is 1. The highest BCUT2D eigenvalue weighted by molar-refractivity contribution is 5.31. The van der Waals surface area contributed by atoms with Crippen molar-refractivity contribution in [2.75, 3.05) is 19.8 Å². The average Bonchev–Trinajstić information content (AvgIpc) is 2.77. The van der Waals surface area contributed by atoms with Crippen molar-refractivity contribution in [3.8, 4) is 5.75 Å². The predicted molar refractivity (Wildman–Crippen MR) is 115 cm³/mol. The summed E-state index contributed by atoms with van der Waals surface area (Å²) in [4.78, 5) is 0. The topological polar surface area (TPSA) is 27.7 Å². The minimum Gasteiger partial charge on any atom is -0.490 e. The second-order valence-corrected chi connectivity index (χ2v) is 9.33. The average molecular weight is 443 g/mol. The van der Waals surface area contributed by atoms with Crippen LogP contribution in [0.5, 0.6) is 5.75 Å². The maximum atomic E-state index is 14.5. The van der Waals surface area contributed by atoms with Gasteiger partial charge in [0, 0.05) is 6.42 Å². The van der Waals surface area contributed by atoms with E-state index in [0.29, 0.717) is 31.8 Å². The van der Waals surface area contributed by atoms with E-state index < -0.39 is 23.6 Å². The molecule has 0 amide bonds. The SMILES string of the molecule is CCCC1CCC(COc2ccc(CCC3OCC(F)(CCC)CO3)c(F)c2F)CC1. The van der Waals surface area contributed by atoms with Crippen LogP contribution in [0.25, 0.3) is 0 Å². The highest BCUT2D eigenvalue weighted by Gasteiger charge is 2.36. The van der Waals surface area contributed by atoms with Gasteiger partial charge in [-0.2, -0.15) is 4.39 Å². The number of ether oxygens (including phenoxy) is 3. The molecule has 1 aromatic carbocycles. The zero-order valence-electron chi connectivity index (χ0n) is 18.9. The van der Waals surface area contributed by atoms with Gasteiger partial charge < -0.3 is 14.2 Å². The van der Waals surface area contributed by atoms with E-state index in [4.69, 9.17) is 14.2 Å². The first-order chi connectivity index (χ1) is 14.9. The molecule has 0 spiro atoms. The molecule has 2 aliphatic rings. The number of halogens is 3. The van der Waals surface area contributed by atoms with Crippen molar-refractivity contribution < 1.29 is 27.4 Å². The zero-order valence-corrected chi connectivity index (χ0v) is 18.9. The summed E-state index contributed by atoms with van der Waals surface area (Å²) in [5.41, 5.74) is -1.20. The Morgan fingerprint density at radius 2 is 1.61 bits per heavy atom. The molecule has 6 heteroatoms. The van der Waals surface area contributed by atoms with E-state index in [0.717, 1.165) is 18.8 Å². The standard InChI is InChI=1S/C25H37F3O3/c1-3-5-18-6-8-19(9-7-18)15-29-21-12-10-20(23(26)24(21)27)11-13-22-30-16-25(28,14-4-2)17-31-22/h10,12,18-19,22H,3-9,11,13-17H2,1-2H3. The van der Waals surface area contributed by atoms with E-state index in [1.54, 1.807) is 6.07 Å². The first-order valence-corrected chi connectivity index (χ1v) is 12.0. The Balaban J connectivity index is 1.45. The lowest BCUT2D eigenvalue weighted by Crippen LogP contribution is -2.44. The van der Waals surface area contributed by atoms with Gasteiger partial charge in [0.1, 0.15) is 0 Å². The molecule has 1 aromatic rings. The molecule has 0 bridgehead atoms. The predicted octanol–water partition coefficient (Wildman–Crippen LogP) is 6.76. The van der Waals surface area contributed by atoms with Crippen LogP contribution in [0, 0.1) is 23.5 Å². The molecule has 1 aliphatic heterocycles. The number of hydrogen-bond acceptors (Lipinski definition) is 3. The minimum absolute atomic E-state index is 0.0184. The molecule has 0 atom stereocenters. The van der Waals surface area contributed by atoms with Crippen molar-refractivity contribution in [1.82, 2.24) is 0 Å². The molecule has 31 heavy (non-hydrogen) atoms. The first-order valence-electron chi connectivity index (χ1n) is 12.0. The van der Waals surface area contributed by atoms with Gasteiger partial charge in [0.25, 0.3) is 0 Å². The van der Waals surface area contributed by atoms with Gasteiger partial charge in [0.2, 0.25) is 5.82 Å². The molecule has 3 rings (SSSR count). The summed E-state index contributed by atoms with van der Waals surface area (Å²) in [6, 6.07) is 3.07. The summed E-state index contributed by atoms with van der Waals surface area (Å²) in [7, 11) is 0. The van der Waals surface area contributed by atoms with Crippen LogP contribution in [0.15, 0.2) is 12.1 Å². The summed E-state index contributed by atoms with van der Waals surface area (Å²) in [6.07, 6.45) is 8.18. The summed E-state index contributed by atoms with van der Waals surface area (Å²) in [5, 5.41) is 0. The maximum absolute atomic E-state index is 14.5. The van der Waals surface area contributed by atoms with Gasteiger partial charge in [-0.3, -0.25) is 0 Å². The second-order valence-electron chi connectivity index (χ2n) is 9.33. The molecule has 0 N–H and O–H groups in total. The van der Waals surface area contributed by atoms with Gasteiger partial charge >= 0.3 is 0 Å². The third-order valence-electron chi connectivity index (χ3n) is 6.67. The van der Waals surface area contributed by atoms with Gasteiger partial charge in [-0.15, -0.1) is 0 Å². The Kier molecular flexibility index (Phi) is 9.08. The molecule has 3 nitrogen and oxygen atoms in total. The van der Waals surface area contributed by atoms with Gasteiger partial charge in [-0.1, -0.05) is 52.0 Å². The number of alkyl halides is 1. The van der Waals surface area contributed by atoms with Crippen LogP contribution in [0.3, 0.4) is 0 Å². The lowest BCUT2D eigenvalue weighted by molar-refractivity contribution is -0.236. The van der Waals surface area contributed by atoms with Crippen molar-refractivity contribution in [1.29, 1.82) is 0 Å². The first kappa shape index (κ1) is 24.4. The van der Waals surface area contributed by atoms with E-state index in [1.807, 2.05) is 6.92 Å². The smallest absolute Gasteiger partial charge is 0.200 e. The molecular weight excluding hydrogens is 405 g/mol. The Morgan fingerprint density at radius 3 is 2.26 bits per heavy atom. The highest BCUT2D eigenvalue weighted by atomic mass is 19.2. The van der Waals surface area contributed by atoms with Gasteiger partial charge in [0.15, 0.2) is 23.5 Å². The van der Waals surface area contributed by atoms with Gasteiger partial charge in [-0.25, -0.2) is 8.78 Å². The van der Waals surface area contributed by atoms with Crippen molar-refractivity contribution in [2.45, 2.75) is 90.0 Å². The van der Waals surface area contributed by atoms with E-state index in [1.165, 1.54) is 31.7 Å². The maximum Gasteiger partial charge on any atom is 0.200 e. The van der Waals surface area contributed by atoms with Gasteiger partial charge in [-0.05, 0) is 49.1 Å². The van der Waals surface area contributed by atoms with E-state index >= 15 is 0 Å². The lowest BCUT2D eigenvalue weighted by atomic mass is 9.80. The van der Waals surface area contributed by atoms with Crippen LogP contribution in [0.1, 0.15) is 77.2 Å². The molecular formula is C25H37F3O3. The molecule has 0 radical (unpaired) electrons. The van der Waals surface area contributed by atoms with Crippen molar-refractivity contribution in [3.05, 3.63) is 29.3 Å². The summed E-state index contributed by atoms with van der Waals surface area (Å²) in [6.45, 7) is 4.52. The Hall–Kier alpha value is -1.27. The normalized spacial score (nSPS) is 29.1. The molecule has 2 fully saturated rings.